The number of carbonyl (C=O) groups is 1. The lowest BCUT2D eigenvalue weighted by Crippen LogP contribution is -1.84. The van der Waals surface area contributed by atoms with Crippen LogP contribution in [0, 0.1) is 11.3 Å². The number of aromatic nitrogens is 3. The van der Waals surface area contributed by atoms with Crippen LogP contribution in [0.25, 0.3) is 17.0 Å². The van der Waals surface area contributed by atoms with E-state index in [0.717, 1.165) is 5.56 Å². The van der Waals surface area contributed by atoms with Crippen LogP contribution in [0.4, 0.5) is 0 Å². The third kappa shape index (κ3) is 1.65. The van der Waals surface area contributed by atoms with Crippen molar-refractivity contribution in [2.75, 3.05) is 0 Å². The summed E-state index contributed by atoms with van der Waals surface area (Å²) in [6, 6.07) is 8.46. The number of phenols is 1. The van der Waals surface area contributed by atoms with Crippen molar-refractivity contribution >= 4 is 11.9 Å². The molecule has 0 radical (unpaired) electrons. The maximum atomic E-state index is 11.0. The second kappa shape index (κ2) is 3.99. The van der Waals surface area contributed by atoms with Gasteiger partial charge in [-0.2, -0.15) is 5.26 Å². The smallest absolute Gasteiger partial charge is 0.159 e. The number of carbonyl (C=O) groups excluding carboxylic acids is 1. The van der Waals surface area contributed by atoms with Crippen LogP contribution in [0.2, 0.25) is 0 Å². The summed E-state index contributed by atoms with van der Waals surface area (Å²) >= 11 is 0. The van der Waals surface area contributed by atoms with Crippen LogP contribution >= 0.6 is 0 Å². The van der Waals surface area contributed by atoms with E-state index in [2.05, 4.69) is 10.1 Å². The molecule has 0 saturated heterocycles. The first-order chi connectivity index (χ1) is 9.22. The van der Waals surface area contributed by atoms with Crippen LogP contribution in [0.1, 0.15) is 15.9 Å². The maximum Gasteiger partial charge on any atom is 0.159 e. The summed E-state index contributed by atoms with van der Waals surface area (Å²) in [5.41, 5.74) is 1.83. The molecule has 2 heterocycles. The molecule has 0 amide bonds. The van der Waals surface area contributed by atoms with E-state index in [9.17, 15) is 9.90 Å². The molecule has 0 aliphatic heterocycles. The third-order valence-corrected chi connectivity index (χ3v) is 2.85. The fourth-order valence-corrected chi connectivity index (χ4v) is 1.91. The monoisotopic (exact) mass is 252 g/mol. The van der Waals surface area contributed by atoms with Gasteiger partial charge in [-0.25, -0.2) is 4.52 Å². The van der Waals surface area contributed by atoms with E-state index in [1.165, 1.54) is 10.7 Å². The van der Waals surface area contributed by atoms with E-state index in [4.69, 9.17) is 5.26 Å². The molecule has 2 N–H and O–H groups in total. The van der Waals surface area contributed by atoms with E-state index in [1.807, 2.05) is 6.07 Å². The van der Waals surface area contributed by atoms with Crippen LogP contribution in [0.3, 0.4) is 0 Å². The quantitative estimate of drug-likeness (QED) is 0.679. The predicted octanol–water partition coefficient (Wildman–Crippen LogP) is 1.72. The lowest BCUT2D eigenvalue weighted by atomic mass is 10.2. The lowest BCUT2D eigenvalue weighted by molar-refractivity contribution is 0.112. The van der Waals surface area contributed by atoms with Gasteiger partial charge in [0.15, 0.2) is 12.1 Å². The Morgan fingerprint density at radius 1 is 1.37 bits per heavy atom. The Kier molecular flexibility index (Phi) is 2.32. The minimum Gasteiger partial charge on any atom is -0.508 e. The molecule has 0 aliphatic carbocycles. The van der Waals surface area contributed by atoms with Crippen molar-refractivity contribution in [3.63, 3.8) is 0 Å². The molecule has 19 heavy (non-hydrogen) atoms. The summed E-state index contributed by atoms with van der Waals surface area (Å²) in [6.07, 6.45) is 2.13. The Labute approximate surface area is 107 Å². The van der Waals surface area contributed by atoms with Gasteiger partial charge < -0.3 is 10.1 Å². The van der Waals surface area contributed by atoms with Crippen LogP contribution in [0.15, 0.2) is 30.5 Å². The number of nitrogens with one attached hydrogen (secondary N) is 1. The van der Waals surface area contributed by atoms with Crippen molar-refractivity contribution in [3.8, 4) is 23.2 Å². The Balaban J connectivity index is 2.18. The van der Waals surface area contributed by atoms with Gasteiger partial charge in [0, 0.05) is 11.8 Å². The summed E-state index contributed by atoms with van der Waals surface area (Å²) in [4.78, 5) is 14.0. The summed E-state index contributed by atoms with van der Waals surface area (Å²) in [5, 5.41) is 22.4. The molecule has 6 nitrogen and oxygen atoms in total. The molecule has 1 aromatic carbocycles. The molecular weight excluding hydrogens is 244 g/mol. The Morgan fingerprint density at radius 3 is 2.74 bits per heavy atom. The number of aromatic amines is 1. The van der Waals surface area contributed by atoms with Gasteiger partial charge in [0.25, 0.3) is 0 Å². The number of phenolic OH excluding ortho intramolecular Hbond substituents is 1. The molecule has 0 spiro atoms. The van der Waals surface area contributed by atoms with Gasteiger partial charge in [-0.05, 0) is 24.3 Å². The van der Waals surface area contributed by atoms with E-state index in [0.29, 0.717) is 23.3 Å². The van der Waals surface area contributed by atoms with Gasteiger partial charge in [-0.3, -0.25) is 4.79 Å². The van der Waals surface area contributed by atoms with E-state index in [-0.39, 0.29) is 11.3 Å². The number of benzene rings is 1. The van der Waals surface area contributed by atoms with Crippen molar-refractivity contribution < 1.29 is 9.90 Å². The number of hydrogen-bond donors (Lipinski definition) is 2. The number of H-pyrrole nitrogens is 1. The van der Waals surface area contributed by atoms with Crippen molar-refractivity contribution in [1.29, 1.82) is 5.26 Å². The van der Waals surface area contributed by atoms with E-state index >= 15 is 0 Å². The highest BCUT2D eigenvalue weighted by atomic mass is 16.3. The SMILES string of the molecule is N#Cc1cn2nc(-c3ccc(O)cc3)[nH]c2c1C=O. The van der Waals surface area contributed by atoms with E-state index < -0.39 is 0 Å². The highest BCUT2D eigenvalue weighted by molar-refractivity contribution is 5.89. The summed E-state index contributed by atoms with van der Waals surface area (Å²) in [5.74, 6) is 0.727. The molecule has 6 heteroatoms. The fraction of sp³-hybridized carbons (Fsp3) is 0. The molecule has 3 rings (SSSR count). The number of nitrogens with zero attached hydrogens (tertiary/aromatic N) is 3. The van der Waals surface area contributed by atoms with Crippen molar-refractivity contribution in [2.24, 2.45) is 0 Å². The number of aromatic hydroxyl groups is 1. The standard InChI is InChI=1S/C13H8N4O2/c14-5-9-6-17-13(11(9)7-18)15-12(16-17)8-1-3-10(19)4-2-8/h1-4,6-7,19H,(H,15,16). The first-order valence-electron chi connectivity index (χ1n) is 5.49. The second-order valence-electron chi connectivity index (χ2n) is 4.00. The highest BCUT2D eigenvalue weighted by Gasteiger charge is 2.14. The minimum absolute atomic E-state index is 0.169. The van der Waals surface area contributed by atoms with Crippen molar-refractivity contribution in [1.82, 2.24) is 14.6 Å². The molecule has 3 aromatic rings. The van der Waals surface area contributed by atoms with Gasteiger partial charge in [0.1, 0.15) is 17.5 Å². The minimum atomic E-state index is 0.169. The molecule has 0 aliphatic rings. The second-order valence-corrected chi connectivity index (χ2v) is 4.00. The number of rotatable bonds is 2. The van der Waals surface area contributed by atoms with Gasteiger partial charge in [0.05, 0.1) is 11.1 Å². The molecule has 0 bridgehead atoms. The first kappa shape index (κ1) is 11.0. The Hall–Kier alpha value is -3.07. The fourth-order valence-electron chi connectivity index (χ4n) is 1.91. The highest BCUT2D eigenvalue weighted by Crippen LogP contribution is 2.22. The average molecular weight is 252 g/mol. The zero-order chi connectivity index (χ0) is 13.4. The first-order valence-corrected chi connectivity index (χ1v) is 5.49. The molecule has 0 unspecified atom stereocenters. The van der Waals surface area contributed by atoms with Crippen LogP contribution < -0.4 is 0 Å². The van der Waals surface area contributed by atoms with E-state index in [1.54, 1.807) is 24.3 Å². The van der Waals surface area contributed by atoms with Gasteiger partial charge >= 0.3 is 0 Å². The largest absolute Gasteiger partial charge is 0.508 e. The summed E-state index contributed by atoms with van der Waals surface area (Å²) in [7, 11) is 0. The zero-order valence-corrected chi connectivity index (χ0v) is 9.66. The molecule has 0 fully saturated rings. The Bertz CT molecular complexity index is 806. The number of hydrogen-bond acceptors (Lipinski definition) is 4. The molecule has 0 saturated carbocycles. The summed E-state index contributed by atoms with van der Waals surface area (Å²) in [6.45, 7) is 0. The number of nitriles is 1. The molecule has 0 atom stereocenters. The van der Waals surface area contributed by atoms with Gasteiger partial charge in [-0.1, -0.05) is 0 Å². The Morgan fingerprint density at radius 2 is 2.11 bits per heavy atom. The van der Waals surface area contributed by atoms with Gasteiger partial charge in [-0.15, -0.1) is 5.10 Å². The predicted molar refractivity (Wildman–Crippen MR) is 66.7 cm³/mol. The molecular formula is C13H8N4O2. The van der Waals surface area contributed by atoms with Crippen molar-refractivity contribution in [3.05, 3.63) is 41.6 Å². The maximum absolute atomic E-state index is 11.0. The topological polar surface area (TPSA) is 94.2 Å². The van der Waals surface area contributed by atoms with Crippen LogP contribution in [-0.2, 0) is 0 Å². The number of fused-ring (bicyclic) bond motifs is 1. The molecule has 2 aromatic heterocycles. The summed E-state index contributed by atoms with van der Waals surface area (Å²) < 4.78 is 1.46. The zero-order valence-electron chi connectivity index (χ0n) is 9.66. The average Bonchev–Trinajstić information content (AvgIpc) is 2.95. The normalized spacial score (nSPS) is 10.5. The third-order valence-electron chi connectivity index (χ3n) is 2.85. The van der Waals surface area contributed by atoms with Gasteiger partial charge in [0.2, 0.25) is 0 Å². The number of aldehydes is 1. The van der Waals surface area contributed by atoms with Crippen LogP contribution in [0.5, 0.6) is 5.75 Å². The lowest BCUT2D eigenvalue weighted by Gasteiger charge is -1.95. The van der Waals surface area contributed by atoms with Crippen LogP contribution in [-0.4, -0.2) is 26.0 Å². The molecule has 92 valence electrons. The van der Waals surface area contributed by atoms with Crippen molar-refractivity contribution in [2.45, 2.75) is 0 Å².